The summed E-state index contributed by atoms with van der Waals surface area (Å²) in [7, 11) is 0. The standard InChI is InChI=1S/C29H20/c1-19-11-12-21-15-18-27-26(17-14-22-13-16-23(19)28(21)29(22)27)25-10-6-5-9-24(25)20-7-3-2-4-8-20/h2-18H,1H3. The maximum absolute atomic E-state index is 2.30. The quantitative estimate of drug-likeness (QED) is 0.270. The first-order valence-corrected chi connectivity index (χ1v) is 10.1. The second-order valence-corrected chi connectivity index (χ2v) is 7.83. The molecule has 0 amide bonds. The summed E-state index contributed by atoms with van der Waals surface area (Å²) in [5.74, 6) is 0. The van der Waals surface area contributed by atoms with E-state index < -0.39 is 0 Å². The third-order valence-corrected chi connectivity index (χ3v) is 6.18. The summed E-state index contributed by atoms with van der Waals surface area (Å²) in [6.45, 7) is 2.21. The van der Waals surface area contributed by atoms with Gasteiger partial charge in [0.05, 0.1) is 0 Å². The summed E-state index contributed by atoms with van der Waals surface area (Å²) in [6.07, 6.45) is 0. The van der Waals surface area contributed by atoms with Gasteiger partial charge in [-0.1, -0.05) is 103 Å². The van der Waals surface area contributed by atoms with Crippen LogP contribution in [0, 0.1) is 6.92 Å². The van der Waals surface area contributed by atoms with E-state index in [1.54, 1.807) is 0 Å². The third-order valence-electron chi connectivity index (χ3n) is 6.18. The second-order valence-electron chi connectivity index (χ2n) is 7.83. The van der Waals surface area contributed by atoms with E-state index in [-0.39, 0.29) is 0 Å². The zero-order valence-corrected chi connectivity index (χ0v) is 16.3. The van der Waals surface area contributed by atoms with Crippen molar-refractivity contribution in [2.75, 3.05) is 0 Å². The van der Waals surface area contributed by atoms with Crippen LogP contribution in [-0.2, 0) is 0 Å². The molecule has 29 heavy (non-hydrogen) atoms. The fraction of sp³-hybridized carbons (Fsp3) is 0.0345. The molecular weight excluding hydrogens is 348 g/mol. The van der Waals surface area contributed by atoms with Crippen LogP contribution in [-0.4, -0.2) is 0 Å². The second kappa shape index (κ2) is 6.18. The Morgan fingerprint density at radius 3 is 1.79 bits per heavy atom. The van der Waals surface area contributed by atoms with Crippen LogP contribution in [0.2, 0.25) is 0 Å². The summed E-state index contributed by atoms with van der Waals surface area (Å²) in [6, 6.07) is 37.6. The van der Waals surface area contributed by atoms with Crippen LogP contribution in [0.5, 0.6) is 0 Å². The van der Waals surface area contributed by atoms with Gasteiger partial charge in [0.15, 0.2) is 0 Å². The Morgan fingerprint density at radius 1 is 0.414 bits per heavy atom. The highest BCUT2D eigenvalue weighted by Crippen LogP contribution is 2.42. The van der Waals surface area contributed by atoms with Gasteiger partial charge in [-0.05, 0) is 67.1 Å². The maximum Gasteiger partial charge on any atom is -0.00205 e. The fourth-order valence-corrected chi connectivity index (χ4v) is 4.77. The van der Waals surface area contributed by atoms with E-state index >= 15 is 0 Å². The molecule has 0 unspecified atom stereocenters. The highest BCUT2D eigenvalue weighted by atomic mass is 14.2. The van der Waals surface area contributed by atoms with E-state index in [4.69, 9.17) is 0 Å². The van der Waals surface area contributed by atoms with Gasteiger partial charge in [-0.15, -0.1) is 0 Å². The molecule has 136 valence electrons. The predicted octanol–water partition coefficient (Wildman–Crippen LogP) is 8.23. The van der Waals surface area contributed by atoms with Crippen LogP contribution >= 0.6 is 0 Å². The van der Waals surface area contributed by atoms with E-state index in [1.807, 2.05) is 0 Å². The van der Waals surface area contributed by atoms with Gasteiger partial charge in [0.25, 0.3) is 0 Å². The molecular formula is C29H20. The van der Waals surface area contributed by atoms with Crippen molar-refractivity contribution in [2.24, 2.45) is 0 Å². The Morgan fingerprint density at radius 2 is 1.00 bits per heavy atom. The molecule has 6 aromatic carbocycles. The highest BCUT2D eigenvalue weighted by molar-refractivity contribution is 6.26. The lowest BCUT2D eigenvalue weighted by Gasteiger charge is -2.17. The van der Waals surface area contributed by atoms with E-state index in [1.165, 1.54) is 60.1 Å². The molecule has 0 radical (unpaired) electrons. The molecule has 0 saturated heterocycles. The zero-order chi connectivity index (χ0) is 19.4. The average molecular weight is 368 g/mol. The first-order valence-electron chi connectivity index (χ1n) is 10.1. The highest BCUT2D eigenvalue weighted by Gasteiger charge is 2.15. The van der Waals surface area contributed by atoms with Gasteiger partial charge in [-0.3, -0.25) is 0 Å². The molecule has 0 heteroatoms. The molecule has 0 fully saturated rings. The number of hydrogen-bond acceptors (Lipinski definition) is 0. The lowest BCUT2D eigenvalue weighted by Crippen LogP contribution is -1.90. The maximum atomic E-state index is 2.30. The first-order chi connectivity index (χ1) is 14.3. The molecule has 6 rings (SSSR count). The number of rotatable bonds is 2. The minimum atomic E-state index is 1.25. The Hall–Kier alpha value is -3.64. The zero-order valence-electron chi connectivity index (χ0n) is 16.3. The Bertz CT molecular complexity index is 1490. The lowest BCUT2D eigenvalue weighted by molar-refractivity contribution is 1.55. The topological polar surface area (TPSA) is 0 Å². The Labute approximate surface area is 170 Å². The summed E-state index contributed by atoms with van der Waals surface area (Å²) in [5.41, 5.74) is 6.45. The minimum absolute atomic E-state index is 1.25. The molecule has 0 aliphatic carbocycles. The van der Waals surface area contributed by atoms with Gasteiger partial charge in [0, 0.05) is 0 Å². The van der Waals surface area contributed by atoms with Crippen molar-refractivity contribution in [2.45, 2.75) is 6.92 Å². The molecule has 0 nitrogen and oxygen atoms in total. The van der Waals surface area contributed by atoms with Crippen LogP contribution < -0.4 is 0 Å². The number of hydrogen-bond donors (Lipinski definition) is 0. The third kappa shape index (κ3) is 2.39. The lowest BCUT2D eigenvalue weighted by atomic mass is 9.86. The molecule has 0 aliphatic rings. The van der Waals surface area contributed by atoms with Crippen molar-refractivity contribution in [3.8, 4) is 22.3 Å². The summed E-state index contributed by atoms with van der Waals surface area (Å²) in [5, 5.41) is 8.08. The van der Waals surface area contributed by atoms with Gasteiger partial charge in [-0.2, -0.15) is 0 Å². The van der Waals surface area contributed by atoms with Crippen LogP contribution in [0.1, 0.15) is 5.56 Å². The number of aryl methyl sites for hydroxylation is 1. The van der Waals surface area contributed by atoms with Crippen molar-refractivity contribution in [1.82, 2.24) is 0 Å². The van der Waals surface area contributed by atoms with E-state index in [0.717, 1.165) is 0 Å². The normalized spacial score (nSPS) is 11.6. The van der Waals surface area contributed by atoms with Crippen molar-refractivity contribution in [3.63, 3.8) is 0 Å². The van der Waals surface area contributed by atoms with Gasteiger partial charge in [0.2, 0.25) is 0 Å². The average Bonchev–Trinajstić information content (AvgIpc) is 2.79. The molecule has 0 N–H and O–H groups in total. The molecule has 0 aliphatic heterocycles. The molecule has 0 bridgehead atoms. The van der Waals surface area contributed by atoms with Crippen molar-refractivity contribution in [3.05, 3.63) is 109 Å². The van der Waals surface area contributed by atoms with Gasteiger partial charge in [-0.25, -0.2) is 0 Å². The predicted molar refractivity (Wildman–Crippen MR) is 126 cm³/mol. The van der Waals surface area contributed by atoms with Crippen LogP contribution in [0.3, 0.4) is 0 Å². The molecule has 0 spiro atoms. The van der Waals surface area contributed by atoms with E-state index in [0.29, 0.717) is 0 Å². The Balaban J connectivity index is 1.74. The van der Waals surface area contributed by atoms with E-state index in [2.05, 4.69) is 110 Å². The first kappa shape index (κ1) is 16.3. The summed E-state index contributed by atoms with van der Waals surface area (Å²) < 4.78 is 0. The van der Waals surface area contributed by atoms with Crippen LogP contribution in [0.25, 0.3) is 54.6 Å². The number of benzene rings is 6. The van der Waals surface area contributed by atoms with Crippen LogP contribution in [0.15, 0.2) is 103 Å². The van der Waals surface area contributed by atoms with Gasteiger partial charge >= 0.3 is 0 Å². The van der Waals surface area contributed by atoms with Crippen LogP contribution in [0.4, 0.5) is 0 Å². The molecule has 0 heterocycles. The Kier molecular flexibility index (Phi) is 3.48. The summed E-state index contributed by atoms with van der Waals surface area (Å²) in [4.78, 5) is 0. The van der Waals surface area contributed by atoms with Crippen molar-refractivity contribution >= 4 is 32.3 Å². The van der Waals surface area contributed by atoms with E-state index in [9.17, 15) is 0 Å². The molecule has 0 saturated carbocycles. The molecule has 0 atom stereocenters. The van der Waals surface area contributed by atoms with Crippen molar-refractivity contribution < 1.29 is 0 Å². The van der Waals surface area contributed by atoms with Gasteiger partial charge < -0.3 is 0 Å². The smallest absolute Gasteiger partial charge is 0.00205 e. The monoisotopic (exact) mass is 368 g/mol. The SMILES string of the molecule is Cc1ccc2ccc3c(-c4ccccc4-c4ccccc4)ccc4ccc1c2c43. The summed E-state index contributed by atoms with van der Waals surface area (Å²) >= 11 is 0. The fourth-order valence-electron chi connectivity index (χ4n) is 4.77. The largest absolute Gasteiger partial charge is 0.0622 e. The molecule has 6 aromatic rings. The molecule has 0 aromatic heterocycles. The minimum Gasteiger partial charge on any atom is -0.0622 e. The van der Waals surface area contributed by atoms with Crippen molar-refractivity contribution in [1.29, 1.82) is 0 Å². The van der Waals surface area contributed by atoms with Gasteiger partial charge in [0.1, 0.15) is 0 Å².